The summed E-state index contributed by atoms with van der Waals surface area (Å²) >= 11 is 1.86. The highest BCUT2D eigenvalue weighted by Crippen LogP contribution is 2.45. The average Bonchev–Trinajstić information content (AvgIpc) is 2.89. The molecule has 2 aliphatic heterocycles. The second-order valence-electron chi connectivity index (χ2n) is 5.99. The van der Waals surface area contributed by atoms with Crippen molar-refractivity contribution in [2.24, 2.45) is 0 Å². The molecule has 2 heterocycles. The minimum absolute atomic E-state index is 0. The maximum Gasteiger partial charge on any atom is 0.0521 e. The lowest BCUT2D eigenvalue weighted by atomic mass is 9.91. The van der Waals surface area contributed by atoms with Crippen LogP contribution in [0, 0.1) is 6.92 Å². The number of piperidine rings is 1. The lowest BCUT2D eigenvalue weighted by molar-refractivity contribution is 0.440. The van der Waals surface area contributed by atoms with Crippen molar-refractivity contribution in [3.63, 3.8) is 0 Å². The molecule has 116 valence electrons. The molecule has 4 rings (SSSR count). The van der Waals surface area contributed by atoms with E-state index in [1.807, 2.05) is 11.8 Å². The summed E-state index contributed by atoms with van der Waals surface area (Å²) in [7, 11) is 0. The smallest absolute Gasteiger partial charge is 0.0521 e. The van der Waals surface area contributed by atoms with E-state index in [0.717, 1.165) is 13.1 Å². The Morgan fingerprint density at radius 1 is 1.09 bits per heavy atom. The molecule has 0 radical (unpaired) electrons. The highest BCUT2D eigenvalue weighted by Gasteiger charge is 2.34. The van der Waals surface area contributed by atoms with E-state index in [4.69, 9.17) is 0 Å². The average molecular weight is 312 g/mol. The molecule has 0 aromatic heterocycles. The molecular weight excluding hydrogens is 288 g/mol. The third kappa shape index (κ3) is 2.75. The summed E-state index contributed by atoms with van der Waals surface area (Å²) in [5.41, 5.74) is 4.17. The quantitative estimate of drug-likeness (QED) is 0.844. The molecule has 0 amide bonds. The van der Waals surface area contributed by atoms with Crippen molar-refractivity contribution in [2.75, 3.05) is 18.4 Å². The van der Waals surface area contributed by atoms with E-state index in [0.29, 0.717) is 12.0 Å². The number of hydrogen-bond donors (Lipinski definition) is 2. The number of anilines is 1. The first-order chi connectivity index (χ1) is 10.3. The Hall–Kier alpha value is -1.45. The van der Waals surface area contributed by atoms with Gasteiger partial charge in [0.1, 0.15) is 0 Å². The molecule has 1 saturated heterocycles. The Bertz CT molecular complexity index is 651. The zero-order chi connectivity index (χ0) is 14.2. The normalized spacial score (nSPS) is 22.2. The van der Waals surface area contributed by atoms with Crippen molar-refractivity contribution in [3.05, 3.63) is 53.6 Å². The largest absolute Gasteiger partial charge is 0.380 e. The highest BCUT2D eigenvalue weighted by molar-refractivity contribution is 7.99. The summed E-state index contributed by atoms with van der Waals surface area (Å²) in [5.74, 6) is 0.632. The minimum atomic E-state index is 0. The Balaban J connectivity index is 0.00000144. The first kappa shape index (κ1) is 15.4. The fourth-order valence-electron chi connectivity index (χ4n) is 3.37. The van der Waals surface area contributed by atoms with Crippen molar-refractivity contribution in [3.8, 4) is 0 Å². The molecule has 0 aliphatic carbocycles. The van der Waals surface area contributed by atoms with Crippen molar-refractivity contribution >= 4 is 17.4 Å². The van der Waals surface area contributed by atoms with Gasteiger partial charge in [-0.2, -0.15) is 0 Å². The van der Waals surface area contributed by atoms with Gasteiger partial charge in [0.2, 0.25) is 0 Å². The summed E-state index contributed by atoms with van der Waals surface area (Å²) in [4.78, 5) is 2.66. The fourth-order valence-corrected chi connectivity index (χ4v) is 4.32. The van der Waals surface area contributed by atoms with E-state index in [1.165, 1.54) is 33.0 Å². The molecule has 0 bridgehead atoms. The number of para-hydroxylation sites is 1. The molecule has 2 atom stereocenters. The van der Waals surface area contributed by atoms with E-state index in [1.54, 1.807) is 0 Å². The Kier molecular flexibility index (Phi) is 4.46. The molecule has 0 spiro atoms. The van der Waals surface area contributed by atoms with Gasteiger partial charge in [0, 0.05) is 28.3 Å². The van der Waals surface area contributed by atoms with E-state index in [-0.39, 0.29) is 7.43 Å². The van der Waals surface area contributed by atoms with E-state index in [2.05, 4.69) is 60.0 Å². The zero-order valence-electron chi connectivity index (χ0n) is 12.2. The second-order valence-corrected chi connectivity index (χ2v) is 7.10. The van der Waals surface area contributed by atoms with Gasteiger partial charge in [-0.15, -0.1) is 0 Å². The lowest BCUT2D eigenvalue weighted by Gasteiger charge is -2.26. The summed E-state index contributed by atoms with van der Waals surface area (Å²) in [6, 6.07) is 16.1. The van der Waals surface area contributed by atoms with Gasteiger partial charge in [-0.05, 0) is 43.7 Å². The van der Waals surface area contributed by atoms with Gasteiger partial charge in [-0.3, -0.25) is 0 Å². The number of aryl methyl sites for hydroxylation is 1. The van der Waals surface area contributed by atoms with Crippen molar-refractivity contribution in [2.45, 2.75) is 42.5 Å². The molecule has 3 heteroatoms. The number of nitrogens with one attached hydrogen (secondary N) is 2. The van der Waals surface area contributed by atoms with Crippen molar-refractivity contribution < 1.29 is 0 Å². The fraction of sp³-hybridized carbons (Fsp3) is 0.368. The number of rotatable bonds is 2. The van der Waals surface area contributed by atoms with Crippen LogP contribution in [0.15, 0.2) is 52.3 Å². The maximum absolute atomic E-state index is 3.78. The van der Waals surface area contributed by atoms with Gasteiger partial charge in [0.15, 0.2) is 0 Å². The third-order valence-electron chi connectivity index (χ3n) is 4.52. The number of benzene rings is 2. The van der Waals surface area contributed by atoms with E-state index in [9.17, 15) is 0 Å². The van der Waals surface area contributed by atoms with Crippen LogP contribution >= 0.6 is 11.8 Å². The highest BCUT2D eigenvalue weighted by atomic mass is 32.2. The Morgan fingerprint density at radius 2 is 1.91 bits per heavy atom. The lowest BCUT2D eigenvalue weighted by Crippen LogP contribution is -2.38. The standard InChI is InChI=1S/C18H20N2S.CH4/c1-12-5-7-13(8-6-12)21-17-4-2-3-14-15-11-19-10-9-16(15)20-18(14)17;/h2-8,15-16,19-20H,9-11H2,1H3;1H4. The van der Waals surface area contributed by atoms with E-state index < -0.39 is 0 Å². The Morgan fingerprint density at radius 3 is 2.73 bits per heavy atom. The Labute approximate surface area is 137 Å². The topological polar surface area (TPSA) is 24.1 Å². The molecule has 2 aliphatic rings. The van der Waals surface area contributed by atoms with Crippen LogP contribution in [0.25, 0.3) is 0 Å². The van der Waals surface area contributed by atoms with Crippen molar-refractivity contribution in [1.82, 2.24) is 5.32 Å². The van der Waals surface area contributed by atoms with Crippen LogP contribution in [0.1, 0.15) is 30.9 Å². The first-order valence-electron chi connectivity index (χ1n) is 7.66. The van der Waals surface area contributed by atoms with Crippen LogP contribution in [-0.4, -0.2) is 19.1 Å². The van der Waals surface area contributed by atoms with Gasteiger partial charge < -0.3 is 10.6 Å². The zero-order valence-corrected chi connectivity index (χ0v) is 13.0. The van der Waals surface area contributed by atoms with Gasteiger partial charge >= 0.3 is 0 Å². The van der Waals surface area contributed by atoms with Gasteiger partial charge in [-0.1, -0.05) is 49.0 Å². The third-order valence-corrected chi connectivity index (χ3v) is 5.59. The molecule has 2 aromatic carbocycles. The molecule has 2 N–H and O–H groups in total. The van der Waals surface area contributed by atoms with Gasteiger partial charge in [0.25, 0.3) is 0 Å². The summed E-state index contributed by atoms with van der Waals surface area (Å²) in [6.07, 6.45) is 1.22. The predicted octanol–water partition coefficient (Wildman–Crippen LogP) is 4.65. The molecule has 2 nitrogen and oxygen atoms in total. The van der Waals surface area contributed by atoms with Crippen LogP contribution in [0.4, 0.5) is 5.69 Å². The molecule has 22 heavy (non-hydrogen) atoms. The van der Waals surface area contributed by atoms with Crippen LogP contribution < -0.4 is 10.6 Å². The SMILES string of the molecule is C.Cc1ccc(Sc2cccc3c2NC2CCNCC32)cc1. The van der Waals surface area contributed by atoms with Gasteiger partial charge in [0.05, 0.1) is 5.69 Å². The van der Waals surface area contributed by atoms with Crippen LogP contribution in [0.3, 0.4) is 0 Å². The molecule has 0 saturated carbocycles. The summed E-state index contributed by atoms with van der Waals surface area (Å²) in [5, 5.41) is 7.30. The molecule has 2 aromatic rings. The van der Waals surface area contributed by atoms with Crippen LogP contribution in [0.2, 0.25) is 0 Å². The summed E-state index contributed by atoms with van der Waals surface area (Å²) in [6.45, 7) is 4.36. The second kappa shape index (κ2) is 6.35. The summed E-state index contributed by atoms with van der Waals surface area (Å²) < 4.78 is 0. The number of hydrogen-bond acceptors (Lipinski definition) is 3. The van der Waals surface area contributed by atoms with Gasteiger partial charge in [-0.25, -0.2) is 0 Å². The van der Waals surface area contributed by atoms with Crippen molar-refractivity contribution in [1.29, 1.82) is 0 Å². The van der Waals surface area contributed by atoms with E-state index >= 15 is 0 Å². The van der Waals surface area contributed by atoms with Crippen LogP contribution in [0.5, 0.6) is 0 Å². The first-order valence-corrected chi connectivity index (χ1v) is 8.47. The maximum atomic E-state index is 3.78. The molecular formula is C19H24N2S. The predicted molar refractivity (Wildman–Crippen MR) is 96.1 cm³/mol. The molecule has 2 unspecified atom stereocenters. The minimum Gasteiger partial charge on any atom is -0.380 e. The number of fused-ring (bicyclic) bond motifs is 3. The monoisotopic (exact) mass is 312 g/mol. The van der Waals surface area contributed by atoms with Crippen LogP contribution in [-0.2, 0) is 0 Å². The molecule has 1 fully saturated rings.